The third-order valence-electron chi connectivity index (χ3n) is 3.16. The van der Waals surface area contributed by atoms with E-state index in [0.717, 1.165) is 12.1 Å². The number of rotatable bonds is 3. The van der Waals surface area contributed by atoms with Gasteiger partial charge < -0.3 is 10.6 Å². The molecule has 0 atom stereocenters. The SMILES string of the molecule is Cc1ccc(N(C)Cc2cc(N)cc(Cl)c2)c(C)c1. The van der Waals surface area contributed by atoms with E-state index < -0.39 is 0 Å². The second-order valence-electron chi connectivity index (χ2n) is 5.04. The molecule has 0 fully saturated rings. The molecular weight excluding hydrogens is 256 g/mol. The fraction of sp³-hybridized carbons (Fsp3) is 0.250. The predicted molar refractivity (Wildman–Crippen MR) is 83.9 cm³/mol. The van der Waals surface area contributed by atoms with Crippen molar-refractivity contribution in [3.05, 3.63) is 58.1 Å². The number of nitrogens with two attached hydrogens (primary N) is 1. The molecule has 2 nitrogen and oxygen atoms in total. The fourth-order valence-corrected chi connectivity index (χ4v) is 2.63. The van der Waals surface area contributed by atoms with Gasteiger partial charge in [-0.15, -0.1) is 0 Å². The van der Waals surface area contributed by atoms with E-state index in [9.17, 15) is 0 Å². The summed E-state index contributed by atoms with van der Waals surface area (Å²) in [4.78, 5) is 2.21. The molecule has 0 aromatic heterocycles. The average molecular weight is 275 g/mol. The Labute approximate surface area is 119 Å². The Morgan fingerprint density at radius 1 is 1.11 bits per heavy atom. The highest BCUT2D eigenvalue weighted by atomic mass is 35.5. The van der Waals surface area contributed by atoms with Gasteiger partial charge in [0.15, 0.2) is 0 Å². The smallest absolute Gasteiger partial charge is 0.0429 e. The standard InChI is InChI=1S/C16H19ClN2/c1-11-4-5-16(12(2)6-11)19(3)10-13-7-14(17)9-15(18)8-13/h4-9H,10,18H2,1-3H3. The number of hydrogen-bond acceptors (Lipinski definition) is 2. The average Bonchev–Trinajstić information content (AvgIpc) is 2.26. The first-order valence-electron chi connectivity index (χ1n) is 6.29. The molecule has 0 aliphatic rings. The summed E-state index contributed by atoms with van der Waals surface area (Å²) in [6.45, 7) is 5.02. The van der Waals surface area contributed by atoms with Gasteiger partial charge in [0.25, 0.3) is 0 Å². The highest BCUT2D eigenvalue weighted by Gasteiger charge is 2.06. The highest BCUT2D eigenvalue weighted by Crippen LogP contribution is 2.23. The molecular formula is C16H19ClN2. The van der Waals surface area contributed by atoms with Gasteiger partial charge in [0, 0.05) is 30.0 Å². The minimum atomic E-state index is 0.684. The van der Waals surface area contributed by atoms with E-state index in [2.05, 4.69) is 44.0 Å². The van der Waals surface area contributed by atoms with Crippen molar-refractivity contribution in [3.63, 3.8) is 0 Å². The molecule has 0 aliphatic heterocycles. The highest BCUT2D eigenvalue weighted by molar-refractivity contribution is 6.30. The van der Waals surface area contributed by atoms with Crippen LogP contribution in [0.5, 0.6) is 0 Å². The molecule has 0 saturated carbocycles. The molecule has 0 spiro atoms. The summed E-state index contributed by atoms with van der Waals surface area (Å²) in [5.74, 6) is 0. The maximum atomic E-state index is 6.03. The molecule has 0 amide bonds. The molecule has 2 N–H and O–H groups in total. The number of benzene rings is 2. The van der Waals surface area contributed by atoms with Gasteiger partial charge in [-0.25, -0.2) is 0 Å². The summed E-state index contributed by atoms with van der Waals surface area (Å²) >= 11 is 6.03. The largest absolute Gasteiger partial charge is 0.399 e. The summed E-state index contributed by atoms with van der Waals surface area (Å²) in [6, 6.07) is 12.2. The number of anilines is 2. The van der Waals surface area contributed by atoms with Gasteiger partial charge in [0.1, 0.15) is 0 Å². The monoisotopic (exact) mass is 274 g/mol. The van der Waals surface area contributed by atoms with E-state index in [4.69, 9.17) is 17.3 Å². The molecule has 3 heteroatoms. The van der Waals surface area contributed by atoms with Crippen LogP contribution in [0, 0.1) is 13.8 Å². The number of aryl methyl sites for hydroxylation is 2. The summed E-state index contributed by atoms with van der Waals surface area (Å²) in [5, 5.41) is 0.684. The van der Waals surface area contributed by atoms with Crippen molar-refractivity contribution in [2.75, 3.05) is 17.7 Å². The van der Waals surface area contributed by atoms with Crippen LogP contribution in [0.25, 0.3) is 0 Å². The second-order valence-corrected chi connectivity index (χ2v) is 5.48. The van der Waals surface area contributed by atoms with Crippen molar-refractivity contribution in [3.8, 4) is 0 Å². The summed E-state index contributed by atoms with van der Waals surface area (Å²) in [5.41, 5.74) is 11.4. The van der Waals surface area contributed by atoms with E-state index in [1.807, 2.05) is 12.1 Å². The van der Waals surface area contributed by atoms with Crippen molar-refractivity contribution < 1.29 is 0 Å². The summed E-state index contributed by atoms with van der Waals surface area (Å²) in [6.07, 6.45) is 0. The molecule has 2 rings (SSSR count). The Bertz CT molecular complexity index is 573. The van der Waals surface area contributed by atoms with Crippen LogP contribution in [0.4, 0.5) is 11.4 Å². The molecule has 2 aromatic carbocycles. The molecule has 0 aliphatic carbocycles. The lowest BCUT2D eigenvalue weighted by Crippen LogP contribution is -2.17. The minimum absolute atomic E-state index is 0.684. The van der Waals surface area contributed by atoms with E-state index in [1.165, 1.54) is 16.8 Å². The molecule has 0 unspecified atom stereocenters. The van der Waals surface area contributed by atoms with Crippen LogP contribution in [0.3, 0.4) is 0 Å². The van der Waals surface area contributed by atoms with Crippen LogP contribution in [-0.2, 0) is 6.54 Å². The van der Waals surface area contributed by atoms with Crippen LogP contribution < -0.4 is 10.6 Å². The van der Waals surface area contributed by atoms with Crippen molar-refractivity contribution in [1.29, 1.82) is 0 Å². The predicted octanol–water partition coefficient (Wildman–Crippen LogP) is 4.18. The van der Waals surface area contributed by atoms with Crippen LogP contribution in [0.1, 0.15) is 16.7 Å². The summed E-state index contributed by atoms with van der Waals surface area (Å²) in [7, 11) is 2.08. The fourth-order valence-electron chi connectivity index (χ4n) is 2.36. The summed E-state index contributed by atoms with van der Waals surface area (Å²) < 4.78 is 0. The van der Waals surface area contributed by atoms with Crippen molar-refractivity contribution >= 4 is 23.0 Å². The van der Waals surface area contributed by atoms with Crippen molar-refractivity contribution in [2.45, 2.75) is 20.4 Å². The molecule has 19 heavy (non-hydrogen) atoms. The Morgan fingerprint density at radius 3 is 2.47 bits per heavy atom. The van der Waals surface area contributed by atoms with E-state index >= 15 is 0 Å². The second kappa shape index (κ2) is 5.54. The van der Waals surface area contributed by atoms with Crippen LogP contribution in [0.2, 0.25) is 5.02 Å². The first-order chi connectivity index (χ1) is 8.95. The van der Waals surface area contributed by atoms with Gasteiger partial charge >= 0.3 is 0 Å². The lowest BCUT2D eigenvalue weighted by molar-refractivity contribution is 0.917. The third-order valence-corrected chi connectivity index (χ3v) is 3.38. The normalized spacial score (nSPS) is 10.5. The zero-order valence-electron chi connectivity index (χ0n) is 11.6. The minimum Gasteiger partial charge on any atom is -0.399 e. The van der Waals surface area contributed by atoms with Gasteiger partial charge in [0.05, 0.1) is 0 Å². The van der Waals surface area contributed by atoms with E-state index in [-0.39, 0.29) is 0 Å². The first-order valence-corrected chi connectivity index (χ1v) is 6.67. The Kier molecular flexibility index (Phi) is 4.01. The van der Waals surface area contributed by atoms with Crippen LogP contribution in [0.15, 0.2) is 36.4 Å². The van der Waals surface area contributed by atoms with E-state index in [1.54, 1.807) is 6.07 Å². The zero-order valence-corrected chi connectivity index (χ0v) is 12.3. The molecule has 0 radical (unpaired) electrons. The molecule has 0 bridgehead atoms. The first kappa shape index (κ1) is 13.8. The Hall–Kier alpha value is -1.67. The number of hydrogen-bond donors (Lipinski definition) is 1. The van der Waals surface area contributed by atoms with Crippen LogP contribution >= 0.6 is 11.6 Å². The quantitative estimate of drug-likeness (QED) is 0.851. The number of halogens is 1. The van der Waals surface area contributed by atoms with Crippen molar-refractivity contribution in [1.82, 2.24) is 0 Å². The van der Waals surface area contributed by atoms with Gasteiger partial charge in [-0.3, -0.25) is 0 Å². The lowest BCUT2D eigenvalue weighted by Gasteiger charge is -2.22. The lowest BCUT2D eigenvalue weighted by atomic mass is 10.1. The topological polar surface area (TPSA) is 29.3 Å². The van der Waals surface area contributed by atoms with Gasteiger partial charge in [-0.1, -0.05) is 29.3 Å². The molecule has 0 saturated heterocycles. The maximum Gasteiger partial charge on any atom is 0.0429 e. The zero-order chi connectivity index (χ0) is 14.0. The molecule has 0 heterocycles. The Balaban J connectivity index is 2.22. The third kappa shape index (κ3) is 3.42. The Morgan fingerprint density at radius 2 is 1.84 bits per heavy atom. The van der Waals surface area contributed by atoms with Gasteiger partial charge in [-0.05, 0) is 49.2 Å². The number of nitrogens with zero attached hydrogens (tertiary/aromatic N) is 1. The van der Waals surface area contributed by atoms with Gasteiger partial charge in [-0.2, -0.15) is 0 Å². The number of nitrogen functional groups attached to an aromatic ring is 1. The maximum absolute atomic E-state index is 6.03. The van der Waals surface area contributed by atoms with E-state index in [0.29, 0.717) is 10.7 Å². The molecule has 100 valence electrons. The van der Waals surface area contributed by atoms with Crippen LogP contribution in [-0.4, -0.2) is 7.05 Å². The van der Waals surface area contributed by atoms with Gasteiger partial charge in [0.2, 0.25) is 0 Å². The molecule has 2 aromatic rings. The van der Waals surface area contributed by atoms with Crippen molar-refractivity contribution in [2.24, 2.45) is 0 Å².